The van der Waals surface area contributed by atoms with Gasteiger partial charge in [0, 0.05) is 18.3 Å². The molecule has 4 nitrogen and oxygen atoms in total. The molecule has 0 aliphatic carbocycles. The third-order valence-electron chi connectivity index (χ3n) is 4.75. The maximum atomic E-state index is 12.8. The molecule has 0 saturated carbocycles. The second-order valence-electron chi connectivity index (χ2n) is 6.50. The summed E-state index contributed by atoms with van der Waals surface area (Å²) in [6.45, 7) is 5.65. The minimum absolute atomic E-state index is 0.163. The fourth-order valence-electron chi connectivity index (χ4n) is 3.78. The van der Waals surface area contributed by atoms with Crippen molar-refractivity contribution < 1.29 is 9.59 Å². The van der Waals surface area contributed by atoms with E-state index < -0.39 is 0 Å². The lowest BCUT2D eigenvalue weighted by molar-refractivity contribution is -0.161. The Bertz CT molecular complexity index is 407. The molecule has 3 rings (SSSR count). The van der Waals surface area contributed by atoms with Crippen molar-refractivity contribution in [3.8, 4) is 0 Å². The molecule has 3 aliphatic heterocycles. The summed E-state index contributed by atoms with van der Waals surface area (Å²) < 4.78 is 0. The van der Waals surface area contributed by atoms with Gasteiger partial charge in [0.15, 0.2) is 0 Å². The highest BCUT2D eigenvalue weighted by Crippen LogP contribution is 2.33. The quantitative estimate of drug-likeness (QED) is 0.796. The zero-order valence-corrected chi connectivity index (χ0v) is 13.2. The molecule has 2 amide bonds. The summed E-state index contributed by atoms with van der Waals surface area (Å²) in [4.78, 5) is 29.2. The third-order valence-corrected chi connectivity index (χ3v) is 6.13. The Morgan fingerprint density at radius 2 is 2.00 bits per heavy atom. The molecule has 20 heavy (non-hydrogen) atoms. The van der Waals surface area contributed by atoms with Crippen LogP contribution in [0.1, 0.15) is 39.5 Å². The number of fused-ring (bicyclic) bond motifs is 1. The van der Waals surface area contributed by atoms with Gasteiger partial charge in [0.25, 0.3) is 0 Å². The lowest BCUT2D eigenvalue weighted by atomic mass is 9.95. The first-order valence-electron chi connectivity index (χ1n) is 7.82. The van der Waals surface area contributed by atoms with Crippen LogP contribution in [0.5, 0.6) is 0 Å². The number of piperazine rings is 1. The van der Waals surface area contributed by atoms with E-state index in [-0.39, 0.29) is 29.8 Å². The molecule has 3 aliphatic rings. The van der Waals surface area contributed by atoms with Crippen LogP contribution in [0.2, 0.25) is 0 Å². The van der Waals surface area contributed by atoms with Gasteiger partial charge in [-0.3, -0.25) is 9.59 Å². The largest absolute Gasteiger partial charge is 0.329 e. The van der Waals surface area contributed by atoms with Crippen molar-refractivity contribution in [1.29, 1.82) is 0 Å². The predicted octanol–water partition coefficient (Wildman–Crippen LogP) is 1.74. The van der Waals surface area contributed by atoms with Gasteiger partial charge in [-0.1, -0.05) is 13.8 Å². The van der Waals surface area contributed by atoms with Crippen molar-refractivity contribution >= 4 is 23.6 Å². The van der Waals surface area contributed by atoms with Crippen LogP contribution in [-0.2, 0) is 9.59 Å². The monoisotopic (exact) mass is 296 g/mol. The molecule has 3 fully saturated rings. The minimum atomic E-state index is -0.238. The Hall–Kier alpha value is -0.710. The van der Waals surface area contributed by atoms with Crippen molar-refractivity contribution in [3.05, 3.63) is 0 Å². The fourth-order valence-corrected chi connectivity index (χ4v) is 5.04. The molecule has 0 spiro atoms. The van der Waals surface area contributed by atoms with E-state index in [1.165, 1.54) is 18.6 Å². The first-order chi connectivity index (χ1) is 9.59. The Labute approximate surface area is 125 Å². The van der Waals surface area contributed by atoms with Gasteiger partial charge < -0.3 is 9.80 Å². The van der Waals surface area contributed by atoms with Gasteiger partial charge in [0.1, 0.15) is 12.1 Å². The Morgan fingerprint density at radius 3 is 2.65 bits per heavy atom. The van der Waals surface area contributed by atoms with Crippen LogP contribution in [0.15, 0.2) is 0 Å². The molecule has 3 atom stereocenters. The van der Waals surface area contributed by atoms with Crippen molar-refractivity contribution in [3.63, 3.8) is 0 Å². The summed E-state index contributed by atoms with van der Waals surface area (Å²) in [5.74, 6) is 1.78. The molecular formula is C15H24N2O2S. The number of nitrogens with zero attached hydrogens (tertiary/aromatic N) is 2. The van der Waals surface area contributed by atoms with Gasteiger partial charge in [-0.25, -0.2) is 0 Å². The topological polar surface area (TPSA) is 40.6 Å². The Kier molecular flexibility index (Phi) is 3.98. The summed E-state index contributed by atoms with van der Waals surface area (Å²) in [6, 6.07) is -0.401. The van der Waals surface area contributed by atoms with Crippen molar-refractivity contribution in [1.82, 2.24) is 9.80 Å². The lowest BCUT2D eigenvalue weighted by Gasteiger charge is -2.44. The zero-order valence-electron chi connectivity index (χ0n) is 12.4. The number of carbonyl (C=O) groups excluding carboxylic acids is 2. The maximum absolute atomic E-state index is 12.8. The summed E-state index contributed by atoms with van der Waals surface area (Å²) >= 11 is 1.96. The van der Waals surface area contributed by atoms with Gasteiger partial charge >= 0.3 is 0 Å². The van der Waals surface area contributed by atoms with Crippen molar-refractivity contribution in [2.45, 2.75) is 56.9 Å². The molecule has 0 aromatic rings. The van der Waals surface area contributed by atoms with E-state index in [2.05, 4.69) is 13.8 Å². The molecule has 3 unspecified atom stereocenters. The summed E-state index contributed by atoms with van der Waals surface area (Å²) in [6.07, 6.45) is 4.25. The molecule has 3 heterocycles. The van der Waals surface area contributed by atoms with E-state index in [4.69, 9.17) is 0 Å². The first kappa shape index (κ1) is 14.2. The highest BCUT2D eigenvalue weighted by molar-refractivity contribution is 8.00. The van der Waals surface area contributed by atoms with E-state index in [9.17, 15) is 9.59 Å². The number of hydrogen-bond acceptors (Lipinski definition) is 3. The molecule has 0 radical (unpaired) electrons. The summed E-state index contributed by atoms with van der Waals surface area (Å²) in [5, 5.41) is 0.529. The Morgan fingerprint density at radius 1 is 1.20 bits per heavy atom. The minimum Gasteiger partial charge on any atom is -0.329 e. The van der Waals surface area contributed by atoms with E-state index in [0.29, 0.717) is 5.25 Å². The zero-order chi connectivity index (χ0) is 14.3. The van der Waals surface area contributed by atoms with Crippen LogP contribution in [0, 0.1) is 5.92 Å². The number of hydrogen-bond donors (Lipinski definition) is 0. The summed E-state index contributed by atoms with van der Waals surface area (Å²) in [5.41, 5.74) is 0. The van der Waals surface area contributed by atoms with Crippen LogP contribution < -0.4 is 0 Å². The molecule has 3 saturated heterocycles. The molecule has 0 bridgehead atoms. The molecule has 0 aromatic carbocycles. The number of carbonyl (C=O) groups is 2. The SMILES string of the molecule is CC(C)C1C(=O)N2CCCC2C(=O)N1CC1CCCS1. The highest BCUT2D eigenvalue weighted by atomic mass is 32.2. The number of thioether (sulfide) groups is 1. The normalized spacial score (nSPS) is 34.2. The van der Waals surface area contributed by atoms with Gasteiger partial charge in [-0.2, -0.15) is 11.8 Å². The molecule has 0 N–H and O–H groups in total. The Balaban J connectivity index is 1.83. The second-order valence-corrected chi connectivity index (χ2v) is 7.91. The van der Waals surface area contributed by atoms with Crippen LogP contribution in [0.25, 0.3) is 0 Å². The van der Waals surface area contributed by atoms with Gasteiger partial charge in [-0.05, 0) is 37.4 Å². The number of amides is 2. The number of rotatable bonds is 3. The fraction of sp³-hybridized carbons (Fsp3) is 0.867. The van der Waals surface area contributed by atoms with Gasteiger partial charge in [-0.15, -0.1) is 0 Å². The van der Waals surface area contributed by atoms with Gasteiger partial charge in [0.05, 0.1) is 0 Å². The van der Waals surface area contributed by atoms with E-state index in [1.807, 2.05) is 21.6 Å². The third kappa shape index (κ3) is 2.34. The average molecular weight is 296 g/mol. The van der Waals surface area contributed by atoms with Crippen LogP contribution in [0.4, 0.5) is 0 Å². The molecular weight excluding hydrogens is 272 g/mol. The predicted molar refractivity (Wildman–Crippen MR) is 80.6 cm³/mol. The van der Waals surface area contributed by atoms with Crippen molar-refractivity contribution in [2.24, 2.45) is 5.92 Å². The van der Waals surface area contributed by atoms with Crippen LogP contribution in [0.3, 0.4) is 0 Å². The van der Waals surface area contributed by atoms with Crippen molar-refractivity contribution in [2.75, 3.05) is 18.8 Å². The van der Waals surface area contributed by atoms with Crippen LogP contribution >= 0.6 is 11.8 Å². The maximum Gasteiger partial charge on any atom is 0.246 e. The standard InChI is InChI=1S/C15H24N2O2S/c1-10(2)13-15(19)16-7-3-6-12(16)14(18)17(13)9-11-5-4-8-20-11/h10-13H,3-9H2,1-2H3. The average Bonchev–Trinajstić information content (AvgIpc) is 3.06. The smallest absolute Gasteiger partial charge is 0.246 e. The highest BCUT2D eigenvalue weighted by Gasteiger charge is 2.49. The van der Waals surface area contributed by atoms with Crippen LogP contribution in [-0.4, -0.2) is 57.8 Å². The summed E-state index contributed by atoms with van der Waals surface area (Å²) in [7, 11) is 0. The van der Waals surface area contributed by atoms with E-state index in [1.54, 1.807) is 0 Å². The first-order valence-corrected chi connectivity index (χ1v) is 8.87. The van der Waals surface area contributed by atoms with Gasteiger partial charge in [0.2, 0.25) is 11.8 Å². The lowest BCUT2D eigenvalue weighted by Crippen LogP contribution is -2.65. The second kappa shape index (κ2) is 5.58. The van der Waals surface area contributed by atoms with E-state index >= 15 is 0 Å². The van der Waals surface area contributed by atoms with E-state index in [0.717, 1.165) is 25.9 Å². The molecule has 112 valence electrons. The molecule has 5 heteroatoms. The molecule has 0 aromatic heterocycles.